The molecule has 2 rings (SSSR count). The molecule has 17 heavy (non-hydrogen) atoms. The van der Waals surface area contributed by atoms with E-state index in [9.17, 15) is 0 Å². The Balaban J connectivity index is 0.00000128. The van der Waals surface area contributed by atoms with Gasteiger partial charge in [0.1, 0.15) is 0 Å². The van der Waals surface area contributed by atoms with E-state index in [1.54, 1.807) is 0 Å². The fourth-order valence-electron chi connectivity index (χ4n) is 1.45. The van der Waals surface area contributed by atoms with Crippen LogP contribution in [0.4, 0.5) is 11.4 Å². The van der Waals surface area contributed by atoms with Gasteiger partial charge in [0.25, 0.3) is 0 Å². The van der Waals surface area contributed by atoms with E-state index in [1.165, 1.54) is 5.56 Å². The first kappa shape index (κ1) is 16.3. The van der Waals surface area contributed by atoms with E-state index in [0.29, 0.717) is 0 Å². The molecule has 0 aliphatic heterocycles. The molecule has 1 N–H and O–H groups in total. The Morgan fingerprint density at radius 1 is 1.06 bits per heavy atom. The molecule has 2 heteroatoms. The van der Waals surface area contributed by atoms with Gasteiger partial charge in [-0.1, -0.05) is 24.7 Å². The molecular formula is C15H17NY-2. The average molecular weight is 300 g/mol. The van der Waals surface area contributed by atoms with Gasteiger partial charge in [-0.25, -0.2) is 0 Å². The van der Waals surface area contributed by atoms with Crippen LogP contribution in [0.3, 0.4) is 0 Å². The Bertz CT molecular complexity index is 409. The minimum atomic E-state index is 0. The number of anilines is 2. The molecule has 0 fully saturated rings. The fourth-order valence-corrected chi connectivity index (χ4v) is 1.45. The van der Waals surface area contributed by atoms with Crippen LogP contribution < -0.4 is 5.32 Å². The number of aryl methyl sites for hydroxylation is 1. The monoisotopic (exact) mass is 300 g/mol. The summed E-state index contributed by atoms with van der Waals surface area (Å²) >= 11 is 0. The molecule has 0 aromatic heterocycles. The molecule has 1 nitrogen and oxygen atoms in total. The molecule has 0 spiro atoms. The van der Waals surface area contributed by atoms with Gasteiger partial charge in [-0.2, -0.15) is 24.3 Å². The third-order valence-electron chi connectivity index (χ3n) is 2.35. The number of rotatable bonds is 3. The number of nitrogens with one attached hydrogen (secondary N) is 1. The molecule has 0 atom stereocenters. The Morgan fingerprint density at radius 2 is 1.76 bits per heavy atom. The van der Waals surface area contributed by atoms with Crippen LogP contribution in [0, 0.1) is 13.5 Å². The summed E-state index contributed by atoms with van der Waals surface area (Å²) in [5.41, 5.74) is 3.47. The topological polar surface area (TPSA) is 12.0 Å². The second-order valence-electron chi connectivity index (χ2n) is 3.45. The summed E-state index contributed by atoms with van der Waals surface area (Å²) in [6.07, 6.45) is 1.08. The van der Waals surface area contributed by atoms with Crippen molar-refractivity contribution in [2.75, 3.05) is 5.32 Å². The average Bonchev–Trinajstić information content (AvgIpc) is 2.31. The number of para-hydroxylation sites is 1. The summed E-state index contributed by atoms with van der Waals surface area (Å²) in [6, 6.07) is 19.5. The second-order valence-corrected chi connectivity index (χ2v) is 3.45. The summed E-state index contributed by atoms with van der Waals surface area (Å²) in [6.45, 7) is 2.16. The molecule has 0 heterocycles. The van der Waals surface area contributed by atoms with Crippen molar-refractivity contribution in [1.29, 1.82) is 0 Å². The van der Waals surface area contributed by atoms with Crippen molar-refractivity contribution >= 4 is 11.4 Å². The van der Waals surface area contributed by atoms with E-state index in [4.69, 9.17) is 0 Å². The maximum atomic E-state index is 3.30. The van der Waals surface area contributed by atoms with Gasteiger partial charge in [-0.15, -0.1) is 6.07 Å². The minimum absolute atomic E-state index is 0. The van der Waals surface area contributed by atoms with Crippen LogP contribution >= 0.6 is 0 Å². The van der Waals surface area contributed by atoms with Gasteiger partial charge in [0.15, 0.2) is 0 Å². The third-order valence-corrected chi connectivity index (χ3v) is 2.35. The molecule has 2 aromatic rings. The Labute approximate surface area is 130 Å². The molecule has 0 aliphatic carbocycles. The Hall–Kier alpha value is -0.656. The normalized spacial score (nSPS) is 8.76. The molecule has 2 aromatic carbocycles. The van der Waals surface area contributed by atoms with E-state index in [0.717, 1.165) is 17.8 Å². The zero-order valence-corrected chi connectivity index (χ0v) is 13.2. The minimum Gasteiger partial charge on any atom is -0.379 e. The molecule has 0 saturated heterocycles. The first-order chi connectivity index (χ1) is 7.38. The van der Waals surface area contributed by atoms with Gasteiger partial charge in [-0.3, -0.25) is 0 Å². The largest absolute Gasteiger partial charge is 0.379 e. The van der Waals surface area contributed by atoms with E-state index in [-0.39, 0.29) is 40.1 Å². The van der Waals surface area contributed by atoms with Crippen LogP contribution in [0.2, 0.25) is 0 Å². The second kappa shape index (κ2) is 8.44. The first-order valence-electron chi connectivity index (χ1n) is 5.21. The third kappa shape index (κ3) is 5.01. The molecule has 0 unspecified atom stereocenters. The molecule has 87 valence electrons. The predicted molar refractivity (Wildman–Crippen MR) is 70.8 cm³/mol. The SMILES string of the molecule is CCc1ccc(Nc2[c-]cccc2)cc1.[CH3-].[Y]. The van der Waals surface area contributed by atoms with E-state index in [1.807, 2.05) is 24.3 Å². The number of benzene rings is 2. The van der Waals surface area contributed by atoms with Crippen LogP contribution in [0.1, 0.15) is 12.5 Å². The summed E-state index contributed by atoms with van der Waals surface area (Å²) in [4.78, 5) is 0. The molecular weight excluding hydrogens is 283 g/mol. The molecule has 1 radical (unpaired) electrons. The van der Waals surface area contributed by atoms with Crippen molar-refractivity contribution in [2.45, 2.75) is 13.3 Å². The van der Waals surface area contributed by atoms with Gasteiger partial charge >= 0.3 is 0 Å². The predicted octanol–water partition coefficient (Wildman–Crippen LogP) is 4.24. The van der Waals surface area contributed by atoms with Crippen LogP contribution in [-0.4, -0.2) is 0 Å². The van der Waals surface area contributed by atoms with Crippen LogP contribution in [0.25, 0.3) is 0 Å². The van der Waals surface area contributed by atoms with Crippen LogP contribution in [-0.2, 0) is 39.1 Å². The van der Waals surface area contributed by atoms with Gasteiger partial charge in [0, 0.05) is 38.4 Å². The van der Waals surface area contributed by atoms with Crippen molar-refractivity contribution in [1.82, 2.24) is 0 Å². The summed E-state index contributed by atoms with van der Waals surface area (Å²) < 4.78 is 0. The van der Waals surface area contributed by atoms with Gasteiger partial charge in [0.2, 0.25) is 0 Å². The summed E-state index contributed by atoms with van der Waals surface area (Å²) in [5, 5.41) is 3.30. The van der Waals surface area contributed by atoms with E-state index < -0.39 is 0 Å². The van der Waals surface area contributed by atoms with E-state index in [2.05, 4.69) is 42.6 Å². The molecule has 0 amide bonds. The maximum Gasteiger partial charge on any atom is 0.0366 e. The van der Waals surface area contributed by atoms with Gasteiger partial charge in [0.05, 0.1) is 0 Å². The number of hydrogen-bond acceptors (Lipinski definition) is 1. The fraction of sp³-hybridized carbons (Fsp3) is 0.133. The van der Waals surface area contributed by atoms with Crippen LogP contribution in [0.15, 0.2) is 48.5 Å². The van der Waals surface area contributed by atoms with Crippen molar-refractivity contribution in [2.24, 2.45) is 0 Å². The van der Waals surface area contributed by atoms with Crippen LogP contribution in [0.5, 0.6) is 0 Å². The zero-order valence-electron chi connectivity index (χ0n) is 10.4. The van der Waals surface area contributed by atoms with Crippen molar-refractivity contribution in [3.05, 3.63) is 67.6 Å². The Morgan fingerprint density at radius 3 is 2.29 bits per heavy atom. The maximum absolute atomic E-state index is 3.30. The van der Waals surface area contributed by atoms with E-state index >= 15 is 0 Å². The summed E-state index contributed by atoms with van der Waals surface area (Å²) in [7, 11) is 0. The van der Waals surface area contributed by atoms with Crippen molar-refractivity contribution in [3.8, 4) is 0 Å². The Kier molecular flexibility index (Phi) is 8.11. The smallest absolute Gasteiger partial charge is 0.0366 e. The summed E-state index contributed by atoms with van der Waals surface area (Å²) in [5.74, 6) is 0. The quantitative estimate of drug-likeness (QED) is 0.836. The number of hydrogen-bond donors (Lipinski definition) is 1. The zero-order chi connectivity index (χ0) is 10.5. The van der Waals surface area contributed by atoms with Crippen molar-refractivity contribution in [3.63, 3.8) is 0 Å². The first-order valence-corrected chi connectivity index (χ1v) is 5.21. The molecule has 0 bridgehead atoms. The standard InChI is InChI=1S/C14H14N.CH3.Y/c1-2-12-8-10-14(11-9-12)15-13-6-4-3-5-7-13;;/h3-6,8-11,15H,2H2,1H3;1H3;/q2*-1;. The van der Waals surface area contributed by atoms with Gasteiger partial charge < -0.3 is 12.7 Å². The molecule has 0 aliphatic rings. The van der Waals surface area contributed by atoms with Gasteiger partial charge in [-0.05, 0) is 24.1 Å². The van der Waals surface area contributed by atoms with Crippen molar-refractivity contribution < 1.29 is 32.7 Å². The molecule has 0 saturated carbocycles.